The fourth-order valence-electron chi connectivity index (χ4n) is 2.76. The standard InChI is InChI=1S/C19H22N2O3/c22-17-13-20-12-16(17)21-19(23)15-8-4-5-9-18(15)24-11-10-14-6-2-1-3-7-14/h1-9,16-17,20,22H,10-13H2,(H,21,23)/t16-,17-/m1/s1. The number of amides is 1. The highest BCUT2D eigenvalue weighted by Crippen LogP contribution is 2.19. The Balaban J connectivity index is 1.61. The van der Waals surface area contributed by atoms with Crippen LogP contribution in [-0.4, -0.2) is 42.9 Å². The SMILES string of the molecule is O=C(N[C@@H]1CNC[C@H]1O)c1ccccc1OCCc1ccccc1. The molecule has 1 aliphatic rings. The minimum absolute atomic E-state index is 0.224. The fourth-order valence-corrected chi connectivity index (χ4v) is 2.76. The largest absolute Gasteiger partial charge is 0.492 e. The van der Waals surface area contributed by atoms with Gasteiger partial charge in [0.25, 0.3) is 5.91 Å². The van der Waals surface area contributed by atoms with E-state index in [4.69, 9.17) is 4.74 Å². The lowest BCUT2D eigenvalue weighted by molar-refractivity contribution is 0.0884. The maximum atomic E-state index is 12.5. The smallest absolute Gasteiger partial charge is 0.255 e. The number of β-amino-alcohol motifs (C(OH)–C–C–N with tert-alkyl or cyclic N) is 1. The zero-order valence-electron chi connectivity index (χ0n) is 13.4. The van der Waals surface area contributed by atoms with Gasteiger partial charge in [0.15, 0.2) is 0 Å². The van der Waals surface area contributed by atoms with E-state index in [0.717, 1.165) is 6.42 Å². The topological polar surface area (TPSA) is 70.6 Å². The lowest BCUT2D eigenvalue weighted by Crippen LogP contribution is -2.42. The molecule has 1 aliphatic heterocycles. The Bertz CT molecular complexity index is 675. The monoisotopic (exact) mass is 326 g/mol. The summed E-state index contributed by atoms with van der Waals surface area (Å²) in [6.07, 6.45) is 0.224. The molecule has 0 saturated carbocycles. The first-order valence-electron chi connectivity index (χ1n) is 8.19. The van der Waals surface area contributed by atoms with E-state index in [-0.39, 0.29) is 11.9 Å². The van der Waals surface area contributed by atoms with Crippen LogP contribution in [0.1, 0.15) is 15.9 Å². The molecule has 3 rings (SSSR count). The van der Waals surface area contributed by atoms with Gasteiger partial charge in [0, 0.05) is 19.5 Å². The third kappa shape index (κ3) is 4.13. The third-order valence-electron chi connectivity index (χ3n) is 4.12. The molecule has 1 amide bonds. The summed E-state index contributed by atoms with van der Waals surface area (Å²) in [5, 5.41) is 15.7. The summed E-state index contributed by atoms with van der Waals surface area (Å²) in [7, 11) is 0. The van der Waals surface area contributed by atoms with Crippen LogP contribution in [0.15, 0.2) is 54.6 Å². The molecular formula is C19H22N2O3. The van der Waals surface area contributed by atoms with Gasteiger partial charge < -0.3 is 20.5 Å². The summed E-state index contributed by atoms with van der Waals surface area (Å²) in [6.45, 7) is 1.58. The summed E-state index contributed by atoms with van der Waals surface area (Å²) in [5.41, 5.74) is 1.68. The Morgan fingerprint density at radius 1 is 1.12 bits per heavy atom. The maximum absolute atomic E-state index is 12.5. The van der Waals surface area contributed by atoms with E-state index >= 15 is 0 Å². The molecule has 2 aromatic carbocycles. The third-order valence-corrected chi connectivity index (χ3v) is 4.12. The van der Waals surface area contributed by atoms with Crippen LogP contribution in [0.5, 0.6) is 5.75 Å². The van der Waals surface area contributed by atoms with Crippen LogP contribution < -0.4 is 15.4 Å². The van der Waals surface area contributed by atoms with Gasteiger partial charge >= 0.3 is 0 Å². The second kappa shape index (κ2) is 7.95. The van der Waals surface area contributed by atoms with E-state index in [1.807, 2.05) is 30.3 Å². The molecule has 0 bridgehead atoms. The zero-order chi connectivity index (χ0) is 16.8. The van der Waals surface area contributed by atoms with Crippen molar-refractivity contribution in [3.8, 4) is 5.75 Å². The van der Waals surface area contributed by atoms with E-state index in [0.29, 0.717) is 31.0 Å². The molecule has 2 atom stereocenters. The number of hydrogen-bond donors (Lipinski definition) is 3. The van der Waals surface area contributed by atoms with Crippen molar-refractivity contribution >= 4 is 5.91 Å². The summed E-state index contributed by atoms with van der Waals surface area (Å²) < 4.78 is 5.81. The quantitative estimate of drug-likeness (QED) is 0.750. The van der Waals surface area contributed by atoms with Gasteiger partial charge in [-0.1, -0.05) is 42.5 Å². The average Bonchev–Trinajstić information content (AvgIpc) is 3.01. The number of aliphatic hydroxyl groups is 1. The molecule has 1 heterocycles. The average molecular weight is 326 g/mol. The van der Waals surface area contributed by atoms with Gasteiger partial charge in [-0.05, 0) is 17.7 Å². The Kier molecular flexibility index (Phi) is 5.46. The first-order valence-corrected chi connectivity index (χ1v) is 8.19. The minimum Gasteiger partial charge on any atom is -0.492 e. The Labute approximate surface area is 141 Å². The first-order chi connectivity index (χ1) is 11.7. The van der Waals surface area contributed by atoms with Crippen LogP contribution in [0.2, 0.25) is 0 Å². The molecule has 0 aliphatic carbocycles. The van der Waals surface area contributed by atoms with E-state index < -0.39 is 6.10 Å². The van der Waals surface area contributed by atoms with Crippen LogP contribution in [0, 0.1) is 0 Å². The minimum atomic E-state index is -0.555. The molecule has 1 saturated heterocycles. The number of carbonyl (C=O) groups is 1. The number of para-hydroxylation sites is 1. The lowest BCUT2D eigenvalue weighted by Gasteiger charge is -2.17. The van der Waals surface area contributed by atoms with E-state index in [1.54, 1.807) is 12.1 Å². The number of nitrogens with one attached hydrogen (secondary N) is 2. The number of ether oxygens (including phenoxy) is 1. The molecule has 1 fully saturated rings. The number of hydrogen-bond acceptors (Lipinski definition) is 4. The second-order valence-electron chi connectivity index (χ2n) is 5.89. The first kappa shape index (κ1) is 16.5. The van der Waals surface area contributed by atoms with Crippen molar-refractivity contribution < 1.29 is 14.6 Å². The maximum Gasteiger partial charge on any atom is 0.255 e. The second-order valence-corrected chi connectivity index (χ2v) is 5.89. The predicted octanol–water partition coefficient (Wildman–Crippen LogP) is 1.37. The van der Waals surface area contributed by atoms with Crippen molar-refractivity contribution in [2.45, 2.75) is 18.6 Å². The van der Waals surface area contributed by atoms with Gasteiger partial charge in [-0.15, -0.1) is 0 Å². The molecular weight excluding hydrogens is 304 g/mol. The van der Waals surface area contributed by atoms with Gasteiger partial charge in [0.05, 0.1) is 24.3 Å². The highest BCUT2D eigenvalue weighted by Gasteiger charge is 2.27. The van der Waals surface area contributed by atoms with Crippen molar-refractivity contribution in [3.05, 3.63) is 65.7 Å². The predicted molar refractivity (Wildman–Crippen MR) is 92.2 cm³/mol. The normalized spacial score (nSPS) is 19.9. The van der Waals surface area contributed by atoms with Crippen molar-refractivity contribution in [2.24, 2.45) is 0 Å². The zero-order valence-corrected chi connectivity index (χ0v) is 13.4. The van der Waals surface area contributed by atoms with Crippen LogP contribution in [0.3, 0.4) is 0 Å². The van der Waals surface area contributed by atoms with Gasteiger partial charge in [-0.2, -0.15) is 0 Å². The summed E-state index contributed by atoms with van der Waals surface area (Å²) in [5.74, 6) is 0.337. The van der Waals surface area contributed by atoms with Gasteiger partial charge in [-0.25, -0.2) is 0 Å². The molecule has 0 spiro atoms. The van der Waals surface area contributed by atoms with E-state index in [1.165, 1.54) is 5.56 Å². The molecule has 0 aromatic heterocycles. The van der Waals surface area contributed by atoms with Crippen molar-refractivity contribution in [1.82, 2.24) is 10.6 Å². The van der Waals surface area contributed by atoms with Gasteiger partial charge in [0.2, 0.25) is 0 Å². The van der Waals surface area contributed by atoms with Crippen LogP contribution in [0.25, 0.3) is 0 Å². The summed E-state index contributed by atoms with van der Waals surface area (Å²) in [4.78, 5) is 12.5. The van der Waals surface area contributed by atoms with Crippen molar-refractivity contribution in [3.63, 3.8) is 0 Å². The van der Waals surface area contributed by atoms with E-state index in [2.05, 4.69) is 22.8 Å². The molecule has 2 aromatic rings. The molecule has 3 N–H and O–H groups in total. The Hall–Kier alpha value is -2.37. The number of carbonyl (C=O) groups excluding carboxylic acids is 1. The van der Waals surface area contributed by atoms with Crippen molar-refractivity contribution in [1.29, 1.82) is 0 Å². The highest BCUT2D eigenvalue weighted by molar-refractivity contribution is 5.97. The molecule has 5 heteroatoms. The lowest BCUT2D eigenvalue weighted by atomic mass is 10.1. The molecule has 5 nitrogen and oxygen atoms in total. The summed E-state index contributed by atoms with van der Waals surface area (Å²) in [6, 6.07) is 17.0. The van der Waals surface area contributed by atoms with Crippen LogP contribution in [0.4, 0.5) is 0 Å². The van der Waals surface area contributed by atoms with Gasteiger partial charge in [0.1, 0.15) is 5.75 Å². The molecule has 24 heavy (non-hydrogen) atoms. The number of benzene rings is 2. The number of rotatable bonds is 6. The highest BCUT2D eigenvalue weighted by atomic mass is 16.5. The Morgan fingerprint density at radius 2 is 1.88 bits per heavy atom. The molecule has 0 unspecified atom stereocenters. The summed E-state index contributed by atoms with van der Waals surface area (Å²) >= 11 is 0. The van der Waals surface area contributed by atoms with Crippen LogP contribution >= 0.6 is 0 Å². The van der Waals surface area contributed by atoms with Gasteiger partial charge in [-0.3, -0.25) is 4.79 Å². The Morgan fingerprint density at radius 3 is 2.62 bits per heavy atom. The van der Waals surface area contributed by atoms with Crippen LogP contribution in [-0.2, 0) is 6.42 Å². The number of aliphatic hydroxyl groups excluding tert-OH is 1. The molecule has 126 valence electrons. The van der Waals surface area contributed by atoms with Crippen molar-refractivity contribution in [2.75, 3.05) is 19.7 Å². The fraction of sp³-hybridized carbons (Fsp3) is 0.316. The van der Waals surface area contributed by atoms with E-state index in [9.17, 15) is 9.90 Å². The molecule has 0 radical (unpaired) electrons.